The first-order valence-electron chi connectivity index (χ1n) is 7.97. The Kier molecular flexibility index (Phi) is 4.07. The number of para-hydroxylation sites is 1. The molecule has 1 N–H and O–H groups in total. The molecular weight excluding hydrogens is 332 g/mol. The van der Waals surface area contributed by atoms with Gasteiger partial charge in [0.1, 0.15) is 16.7 Å². The Morgan fingerprint density at radius 1 is 0.960 bits per heavy atom. The number of ether oxygens (including phenoxy) is 1. The van der Waals surface area contributed by atoms with E-state index in [0.29, 0.717) is 17.3 Å². The van der Waals surface area contributed by atoms with Gasteiger partial charge in [0.2, 0.25) is 5.88 Å². The van der Waals surface area contributed by atoms with Gasteiger partial charge in [0.25, 0.3) is 0 Å². The summed E-state index contributed by atoms with van der Waals surface area (Å²) in [5.41, 5.74) is 1.67. The van der Waals surface area contributed by atoms with Crippen LogP contribution in [-0.4, -0.2) is 15.1 Å². The summed E-state index contributed by atoms with van der Waals surface area (Å²) < 4.78 is 6.15. The van der Waals surface area contributed by atoms with Crippen molar-refractivity contribution < 1.29 is 9.84 Å². The summed E-state index contributed by atoms with van der Waals surface area (Å²) in [6, 6.07) is 19.0. The van der Waals surface area contributed by atoms with E-state index < -0.39 is 0 Å². The minimum atomic E-state index is -0.142. The predicted molar refractivity (Wildman–Crippen MR) is 100 cm³/mol. The second kappa shape index (κ2) is 6.53. The third kappa shape index (κ3) is 3.06. The smallest absolute Gasteiger partial charge is 0.226 e. The molecule has 0 radical (unpaired) electrons. The Morgan fingerprint density at radius 2 is 1.72 bits per heavy atom. The molecule has 4 rings (SSSR count). The lowest BCUT2D eigenvalue weighted by atomic mass is 10.1. The van der Waals surface area contributed by atoms with E-state index in [2.05, 4.69) is 9.97 Å². The van der Waals surface area contributed by atoms with Crippen molar-refractivity contribution in [2.24, 2.45) is 0 Å². The molecule has 4 aromatic rings. The number of aromatic hydroxyl groups is 1. The molecule has 1 unspecified atom stereocenters. The molecule has 2 aromatic heterocycles. The highest BCUT2D eigenvalue weighted by molar-refractivity contribution is 7.16. The van der Waals surface area contributed by atoms with Crippen LogP contribution in [0.4, 0.5) is 0 Å². The normalized spacial score (nSPS) is 12.2. The van der Waals surface area contributed by atoms with E-state index in [4.69, 9.17) is 4.74 Å². The van der Waals surface area contributed by atoms with Crippen LogP contribution in [0.1, 0.15) is 18.6 Å². The van der Waals surface area contributed by atoms with E-state index in [-0.39, 0.29) is 11.9 Å². The molecule has 0 aliphatic heterocycles. The van der Waals surface area contributed by atoms with Crippen molar-refractivity contribution in [1.29, 1.82) is 0 Å². The maximum absolute atomic E-state index is 10.1. The van der Waals surface area contributed by atoms with Crippen LogP contribution in [-0.2, 0) is 0 Å². The molecule has 0 amide bonds. The molecule has 5 heteroatoms. The van der Waals surface area contributed by atoms with Crippen LogP contribution in [0.25, 0.3) is 21.6 Å². The number of hydrogen-bond acceptors (Lipinski definition) is 5. The molecule has 0 saturated heterocycles. The lowest BCUT2D eigenvalue weighted by molar-refractivity contribution is 0.221. The zero-order valence-electron chi connectivity index (χ0n) is 13.6. The van der Waals surface area contributed by atoms with Crippen LogP contribution in [0.5, 0.6) is 11.6 Å². The summed E-state index contributed by atoms with van der Waals surface area (Å²) in [4.78, 5) is 9.99. The minimum absolute atomic E-state index is 0.142. The number of fused-ring (bicyclic) bond motifs is 1. The first-order chi connectivity index (χ1) is 12.2. The third-order valence-corrected chi connectivity index (χ3v) is 4.80. The van der Waals surface area contributed by atoms with Crippen molar-refractivity contribution >= 4 is 21.6 Å². The average molecular weight is 348 g/mol. The van der Waals surface area contributed by atoms with E-state index >= 15 is 0 Å². The number of rotatable bonds is 4. The van der Waals surface area contributed by atoms with Crippen molar-refractivity contribution in [2.75, 3.05) is 0 Å². The number of thiophene rings is 1. The summed E-state index contributed by atoms with van der Waals surface area (Å²) in [5, 5.41) is 13.0. The molecule has 25 heavy (non-hydrogen) atoms. The fourth-order valence-electron chi connectivity index (χ4n) is 2.66. The molecule has 2 heterocycles. The van der Waals surface area contributed by atoms with Gasteiger partial charge in [-0.2, -0.15) is 4.98 Å². The van der Waals surface area contributed by atoms with E-state index in [1.54, 1.807) is 18.2 Å². The van der Waals surface area contributed by atoms with Gasteiger partial charge in [-0.3, -0.25) is 0 Å². The molecular formula is C20H16N2O2S. The van der Waals surface area contributed by atoms with Crippen molar-refractivity contribution in [3.63, 3.8) is 0 Å². The van der Waals surface area contributed by atoms with E-state index in [9.17, 15) is 5.11 Å². The number of nitrogens with zero attached hydrogens (tertiary/aromatic N) is 2. The Morgan fingerprint density at radius 3 is 2.52 bits per heavy atom. The lowest BCUT2D eigenvalue weighted by Crippen LogP contribution is -2.05. The molecule has 4 nitrogen and oxygen atoms in total. The van der Waals surface area contributed by atoms with Gasteiger partial charge < -0.3 is 9.84 Å². The number of aromatic nitrogens is 2. The summed E-state index contributed by atoms with van der Waals surface area (Å²) in [5.74, 6) is 1.14. The highest BCUT2D eigenvalue weighted by Crippen LogP contribution is 2.34. The van der Waals surface area contributed by atoms with Crippen LogP contribution < -0.4 is 4.74 Å². The summed E-state index contributed by atoms with van der Waals surface area (Å²) in [6.07, 6.45) is -0.142. The molecule has 2 aromatic carbocycles. The lowest BCUT2D eigenvalue weighted by Gasteiger charge is -2.15. The van der Waals surface area contributed by atoms with Crippen molar-refractivity contribution in [3.05, 3.63) is 71.6 Å². The highest BCUT2D eigenvalue weighted by atomic mass is 32.1. The standard InChI is InChI=1S/C20H16N2O2S/c1-13(14-7-3-2-4-8-14)24-19-16-11-12-25-20(16)22-18(21-19)15-9-5-6-10-17(15)23/h2-13,23H,1H3. The van der Waals surface area contributed by atoms with Crippen LogP contribution in [0.15, 0.2) is 66.0 Å². The predicted octanol–water partition coefficient (Wildman–Crippen LogP) is 5.20. The van der Waals surface area contributed by atoms with Crippen LogP contribution in [0.3, 0.4) is 0 Å². The molecule has 0 spiro atoms. The molecule has 124 valence electrons. The number of phenolic OH excluding ortho intramolecular Hbond substituents is 1. The summed E-state index contributed by atoms with van der Waals surface area (Å²) in [6.45, 7) is 2.00. The quantitative estimate of drug-likeness (QED) is 0.550. The number of benzene rings is 2. The van der Waals surface area contributed by atoms with E-state index in [1.165, 1.54) is 11.3 Å². The van der Waals surface area contributed by atoms with Crippen LogP contribution >= 0.6 is 11.3 Å². The second-order valence-corrected chi connectivity index (χ2v) is 6.57. The average Bonchev–Trinajstić information content (AvgIpc) is 3.11. The number of hydrogen-bond donors (Lipinski definition) is 1. The minimum Gasteiger partial charge on any atom is -0.507 e. The SMILES string of the molecule is CC(Oc1nc(-c2ccccc2O)nc2sccc12)c1ccccc1. The Labute approximate surface area is 149 Å². The molecule has 0 aliphatic rings. The molecule has 0 fully saturated rings. The van der Waals surface area contributed by atoms with Gasteiger partial charge in [0, 0.05) is 0 Å². The van der Waals surface area contributed by atoms with Crippen molar-refractivity contribution in [3.8, 4) is 23.0 Å². The van der Waals surface area contributed by atoms with Gasteiger partial charge in [0.05, 0.1) is 10.9 Å². The van der Waals surface area contributed by atoms with Gasteiger partial charge >= 0.3 is 0 Å². The van der Waals surface area contributed by atoms with Gasteiger partial charge in [-0.1, -0.05) is 42.5 Å². The van der Waals surface area contributed by atoms with Gasteiger partial charge in [-0.15, -0.1) is 11.3 Å². The Hall–Kier alpha value is -2.92. The zero-order valence-corrected chi connectivity index (χ0v) is 14.4. The topological polar surface area (TPSA) is 55.2 Å². The largest absolute Gasteiger partial charge is 0.507 e. The summed E-state index contributed by atoms with van der Waals surface area (Å²) >= 11 is 1.53. The zero-order chi connectivity index (χ0) is 17.2. The molecule has 0 bridgehead atoms. The maximum Gasteiger partial charge on any atom is 0.226 e. The molecule has 0 aliphatic carbocycles. The van der Waals surface area contributed by atoms with Crippen LogP contribution in [0.2, 0.25) is 0 Å². The fourth-order valence-corrected chi connectivity index (χ4v) is 3.42. The first-order valence-corrected chi connectivity index (χ1v) is 8.85. The Bertz CT molecular complexity index is 1010. The third-order valence-electron chi connectivity index (χ3n) is 3.99. The highest BCUT2D eigenvalue weighted by Gasteiger charge is 2.16. The van der Waals surface area contributed by atoms with Gasteiger partial charge in [-0.05, 0) is 36.1 Å². The monoisotopic (exact) mass is 348 g/mol. The van der Waals surface area contributed by atoms with Crippen LogP contribution in [0, 0.1) is 0 Å². The summed E-state index contributed by atoms with van der Waals surface area (Å²) in [7, 11) is 0. The second-order valence-electron chi connectivity index (χ2n) is 5.68. The van der Waals surface area contributed by atoms with Crippen molar-refractivity contribution in [1.82, 2.24) is 9.97 Å². The van der Waals surface area contributed by atoms with Crippen molar-refractivity contribution in [2.45, 2.75) is 13.0 Å². The number of phenols is 1. The first kappa shape index (κ1) is 15.6. The van der Waals surface area contributed by atoms with E-state index in [0.717, 1.165) is 15.8 Å². The van der Waals surface area contributed by atoms with E-state index in [1.807, 2.05) is 54.8 Å². The maximum atomic E-state index is 10.1. The fraction of sp³-hybridized carbons (Fsp3) is 0.100. The molecule has 1 atom stereocenters. The van der Waals surface area contributed by atoms with Gasteiger partial charge in [0.15, 0.2) is 5.82 Å². The molecule has 0 saturated carbocycles. The Balaban J connectivity index is 1.78. The van der Waals surface area contributed by atoms with Gasteiger partial charge in [-0.25, -0.2) is 4.98 Å².